The fraction of sp³-hybridized carbons (Fsp3) is 0.0588. The Kier molecular flexibility index (Phi) is 3.83. The summed E-state index contributed by atoms with van der Waals surface area (Å²) in [5.41, 5.74) is 3.85. The molecule has 0 atom stereocenters. The Bertz CT molecular complexity index is 937. The van der Waals surface area contributed by atoms with Crippen molar-refractivity contribution in [3.8, 4) is 22.9 Å². The van der Waals surface area contributed by atoms with Crippen LogP contribution in [0.2, 0.25) is 0 Å². The van der Waals surface area contributed by atoms with E-state index >= 15 is 0 Å². The Hall–Kier alpha value is -3.68. The molecule has 1 aliphatic heterocycles. The van der Waals surface area contributed by atoms with Crippen LogP contribution in [0.15, 0.2) is 58.2 Å². The second-order valence-electron chi connectivity index (χ2n) is 5.10. The molecule has 124 valence electrons. The maximum absolute atomic E-state index is 12.0. The van der Waals surface area contributed by atoms with Crippen LogP contribution in [0.5, 0.6) is 11.5 Å². The van der Waals surface area contributed by atoms with Crippen molar-refractivity contribution < 1.29 is 18.8 Å². The fourth-order valence-electron chi connectivity index (χ4n) is 2.23. The summed E-state index contributed by atoms with van der Waals surface area (Å²) in [5.74, 6) is 0.902. The van der Waals surface area contributed by atoms with Gasteiger partial charge in [0.25, 0.3) is 0 Å². The molecule has 4 rings (SSSR count). The van der Waals surface area contributed by atoms with Gasteiger partial charge in [-0.3, -0.25) is 4.79 Å². The van der Waals surface area contributed by atoms with Crippen LogP contribution in [0, 0.1) is 0 Å². The van der Waals surface area contributed by atoms with Gasteiger partial charge >= 0.3 is 11.8 Å². The zero-order chi connectivity index (χ0) is 17.1. The number of ether oxygens (including phenoxy) is 2. The topological polar surface area (TPSA) is 98.8 Å². The van der Waals surface area contributed by atoms with Crippen molar-refractivity contribution in [1.29, 1.82) is 0 Å². The van der Waals surface area contributed by atoms with Gasteiger partial charge in [0.1, 0.15) is 0 Å². The van der Waals surface area contributed by atoms with E-state index in [9.17, 15) is 4.79 Å². The minimum atomic E-state index is -0.591. The molecule has 0 saturated carbocycles. The van der Waals surface area contributed by atoms with Gasteiger partial charge in [0.15, 0.2) is 11.5 Å². The van der Waals surface area contributed by atoms with Gasteiger partial charge in [0, 0.05) is 5.56 Å². The molecular weight excluding hydrogens is 324 g/mol. The minimum absolute atomic E-state index is 0.165. The first kappa shape index (κ1) is 14.9. The summed E-state index contributed by atoms with van der Waals surface area (Å²) in [6.45, 7) is 0.202. The van der Waals surface area contributed by atoms with Crippen LogP contribution in [0.4, 0.5) is 0 Å². The van der Waals surface area contributed by atoms with E-state index in [1.165, 1.54) is 6.21 Å². The lowest BCUT2D eigenvalue weighted by Gasteiger charge is -1.97. The highest BCUT2D eigenvalue weighted by Gasteiger charge is 2.16. The van der Waals surface area contributed by atoms with Gasteiger partial charge in [-0.15, -0.1) is 0 Å². The lowest BCUT2D eigenvalue weighted by Crippen LogP contribution is -2.17. The summed E-state index contributed by atoms with van der Waals surface area (Å²) in [6, 6.07) is 14.6. The van der Waals surface area contributed by atoms with Crippen LogP contribution in [0.25, 0.3) is 11.4 Å². The third kappa shape index (κ3) is 3.18. The first-order valence-electron chi connectivity index (χ1n) is 7.42. The molecule has 0 bridgehead atoms. The summed E-state index contributed by atoms with van der Waals surface area (Å²) >= 11 is 0. The van der Waals surface area contributed by atoms with Crippen LogP contribution in [0.3, 0.4) is 0 Å². The highest BCUT2D eigenvalue weighted by molar-refractivity contribution is 5.91. The molecule has 8 heteroatoms. The quantitative estimate of drug-likeness (QED) is 0.579. The van der Waals surface area contributed by atoms with E-state index in [0.717, 1.165) is 11.1 Å². The number of hydrogen-bond acceptors (Lipinski definition) is 7. The Labute approximate surface area is 142 Å². The van der Waals surface area contributed by atoms with E-state index in [0.29, 0.717) is 17.3 Å². The van der Waals surface area contributed by atoms with E-state index in [1.54, 1.807) is 18.2 Å². The zero-order valence-corrected chi connectivity index (χ0v) is 12.9. The molecular formula is C17H12N4O4. The monoisotopic (exact) mass is 336 g/mol. The number of carbonyl (C=O) groups is 1. The molecule has 2 aromatic carbocycles. The highest BCUT2D eigenvalue weighted by atomic mass is 16.7. The van der Waals surface area contributed by atoms with Crippen LogP contribution >= 0.6 is 0 Å². The fourth-order valence-corrected chi connectivity index (χ4v) is 2.23. The predicted molar refractivity (Wildman–Crippen MR) is 87.4 cm³/mol. The molecule has 0 fully saturated rings. The van der Waals surface area contributed by atoms with E-state index < -0.39 is 5.91 Å². The molecule has 3 aromatic rings. The van der Waals surface area contributed by atoms with Crippen molar-refractivity contribution >= 4 is 12.1 Å². The number of nitrogens with one attached hydrogen (secondary N) is 1. The molecule has 0 aliphatic carbocycles. The minimum Gasteiger partial charge on any atom is -0.454 e. The molecule has 8 nitrogen and oxygen atoms in total. The molecule has 1 aliphatic rings. The summed E-state index contributed by atoms with van der Waals surface area (Å²) in [6.07, 6.45) is 1.48. The van der Waals surface area contributed by atoms with E-state index in [2.05, 4.69) is 20.7 Å². The maximum atomic E-state index is 12.0. The molecule has 2 heterocycles. The Morgan fingerprint density at radius 1 is 1.12 bits per heavy atom. The number of carbonyl (C=O) groups excluding carboxylic acids is 1. The number of amides is 1. The number of hydrogen-bond donors (Lipinski definition) is 1. The van der Waals surface area contributed by atoms with Crippen LogP contribution in [-0.4, -0.2) is 29.1 Å². The van der Waals surface area contributed by atoms with E-state index in [-0.39, 0.29) is 12.7 Å². The Morgan fingerprint density at radius 2 is 1.96 bits per heavy atom. The van der Waals surface area contributed by atoms with Gasteiger partial charge in [-0.2, -0.15) is 10.1 Å². The van der Waals surface area contributed by atoms with Gasteiger partial charge in [0.05, 0.1) is 6.21 Å². The largest absolute Gasteiger partial charge is 0.454 e. The van der Waals surface area contributed by atoms with Crippen LogP contribution in [-0.2, 0) is 0 Å². The van der Waals surface area contributed by atoms with Crippen LogP contribution in [0.1, 0.15) is 16.2 Å². The average molecular weight is 336 g/mol. The molecule has 0 saturated heterocycles. The molecule has 1 amide bonds. The summed E-state index contributed by atoms with van der Waals surface area (Å²) in [4.78, 5) is 16.1. The van der Waals surface area contributed by atoms with Crippen LogP contribution < -0.4 is 14.9 Å². The summed E-state index contributed by atoms with van der Waals surface area (Å²) in [7, 11) is 0. The van der Waals surface area contributed by atoms with Gasteiger partial charge in [0.2, 0.25) is 12.6 Å². The second-order valence-corrected chi connectivity index (χ2v) is 5.10. The molecule has 0 spiro atoms. The number of nitrogens with zero attached hydrogens (tertiary/aromatic N) is 3. The highest BCUT2D eigenvalue weighted by Crippen LogP contribution is 2.31. The smallest absolute Gasteiger partial charge is 0.329 e. The third-order valence-electron chi connectivity index (χ3n) is 3.43. The van der Waals surface area contributed by atoms with Crippen molar-refractivity contribution in [2.75, 3.05) is 6.79 Å². The van der Waals surface area contributed by atoms with Crippen molar-refractivity contribution in [3.05, 3.63) is 60.0 Å². The standard InChI is InChI=1S/C17H12N4O4/c22-16(17-19-15(21-25-17)12-4-2-1-3-5-12)20-18-9-11-6-7-13-14(8-11)24-10-23-13/h1-9H,10H2,(H,20,22)/b18-9+. The first-order chi connectivity index (χ1) is 12.3. The van der Waals surface area contributed by atoms with Gasteiger partial charge in [-0.05, 0) is 23.8 Å². The predicted octanol–water partition coefficient (Wildman–Crippen LogP) is 2.23. The first-order valence-corrected chi connectivity index (χ1v) is 7.42. The average Bonchev–Trinajstić information content (AvgIpc) is 3.31. The number of fused-ring (bicyclic) bond motifs is 1. The summed E-state index contributed by atoms with van der Waals surface area (Å²) < 4.78 is 15.5. The van der Waals surface area contributed by atoms with Crippen molar-refractivity contribution in [1.82, 2.24) is 15.6 Å². The molecule has 1 aromatic heterocycles. The maximum Gasteiger partial charge on any atom is 0.329 e. The number of benzene rings is 2. The number of aromatic nitrogens is 2. The Balaban J connectivity index is 1.41. The molecule has 1 N–H and O–H groups in total. The lowest BCUT2D eigenvalue weighted by molar-refractivity contribution is 0.0911. The molecule has 25 heavy (non-hydrogen) atoms. The second kappa shape index (κ2) is 6.44. The summed E-state index contributed by atoms with van der Waals surface area (Å²) in [5, 5.41) is 7.66. The van der Waals surface area contributed by atoms with Gasteiger partial charge in [-0.25, -0.2) is 5.43 Å². The third-order valence-corrected chi connectivity index (χ3v) is 3.43. The van der Waals surface area contributed by atoms with Crippen molar-refractivity contribution in [2.24, 2.45) is 5.10 Å². The number of rotatable bonds is 4. The Morgan fingerprint density at radius 3 is 2.84 bits per heavy atom. The van der Waals surface area contributed by atoms with Gasteiger partial charge in [-0.1, -0.05) is 35.5 Å². The SMILES string of the molecule is O=C(N/N=C/c1ccc2c(c1)OCO2)c1nc(-c2ccccc2)no1. The lowest BCUT2D eigenvalue weighted by atomic mass is 10.2. The molecule has 0 radical (unpaired) electrons. The molecule has 0 unspecified atom stereocenters. The van der Waals surface area contributed by atoms with Gasteiger partial charge < -0.3 is 14.0 Å². The van der Waals surface area contributed by atoms with E-state index in [1.807, 2.05) is 30.3 Å². The zero-order valence-electron chi connectivity index (χ0n) is 12.9. The normalized spacial score (nSPS) is 12.5. The van der Waals surface area contributed by atoms with Crippen molar-refractivity contribution in [2.45, 2.75) is 0 Å². The van der Waals surface area contributed by atoms with E-state index in [4.69, 9.17) is 14.0 Å². The van der Waals surface area contributed by atoms with Crippen molar-refractivity contribution in [3.63, 3.8) is 0 Å². The number of hydrazone groups is 1.